The summed E-state index contributed by atoms with van der Waals surface area (Å²) in [5.74, 6) is -0.199. The molecule has 0 aliphatic heterocycles. The van der Waals surface area contributed by atoms with E-state index < -0.39 is 11.7 Å². The summed E-state index contributed by atoms with van der Waals surface area (Å²) < 4.78 is 37.8. The normalized spacial score (nSPS) is 11.5. The molecule has 9 heteroatoms. The van der Waals surface area contributed by atoms with Crippen molar-refractivity contribution in [3.8, 4) is 0 Å². The lowest BCUT2D eigenvalue weighted by Crippen LogP contribution is -2.32. The second-order valence-electron chi connectivity index (χ2n) is 5.98. The molecular formula is C17H20F3N5O. The molecule has 1 aromatic heterocycles. The van der Waals surface area contributed by atoms with Crippen molar-refractivity contribution in [1.29, 1.82) is 0 Å². The van der Waals surface area contributed by atoms with E-state index in [2.05, 4.69) is 20.6 Å². The van der Waals surface area contributed by atoms with E-state index in [0.29, 0.717) is 24.5 Å². The number of anilines is 2. The van der Waals surface area contributed by atoms with Gasteiger partial charge >= 0.3 is 6.18 Å². The third kappa shape index (κ3) is 5.69. The third-order valence-corrected chi connectivity index (χ3v) is 3.40. The van der Waals surface area contributed by atoms with Crippen molar-refractivity contribution in [2.75, 3.05) is 32.5 Å². The van der Waals surface area contributed by atoms with Crippen molar-refractivity contribution >= 4 is 17.5 Å². The number of nitrogens with one attached hydrogen (secondary N) is 2. The molecule has 26 heavy (non-hydrogen) atoms. The summed E-state index contributed by atoms with van der Waals surface area (Å²) in [6.45, 7) is 2.86. The zero-order valence-electron chi connectivity index (χ0n) is 14.7. The first kappa shape index (κ1) is 19.6. The lowest BCUT2D eigenvalue weighted by molar-refractivity contribution is -0.137. The summed E-state index contributed by atoms with van der Waals surface area (Å²) in [6, 6.07) is 6.04. The van der Waals surface area contributed by atoms with E-state index in [1.807, 2.05) is 19.0 Å². The van der Waals surface area contributed by atoms with Crippen molar-refractivity contribution < 1.29 is 18.0 Å². The minimum Gasteiger partial charge on any atom is -0.349 e. The van der Waals surface area contributed by atoms with Crippen LogP contribution in [0, 0.1) is 6.92 Å². The van der Waals surface area contributed by atoms with Crippen LogP contribution in [0.5, 0.6) is 0 Å². The molecule has 0 radical (unpaired) electrons. The number of halogens is 3. The Kier molecular flexibility index (Phi) is 6.14. The van der Waals surface area contributed by atoms with Gasteiger partial charge < -0.3 is 15.5 Å². The quantitative estimate of drug-likeness (QED) is 0.822. The minimum absolute atomic E-state index is 0.141. The molecule has 0 saturated carbocycles. The number of alkyl halides is 3. The van der Waals surface area contributed by atoms with Crippen molar-refractivity contribution in [2.24, 2.45) is 0 Å². The van der Waals surface area contributed by atoms with Gasteiger partial charge in [-0.1, -0.05) is 0 Å². The highest BCUT2D eigenvalue weighted by atomic mass is 19.4. The molecule has 0 bridgehead atoms. The van der Waals surface area contributed by atoms with E-state index in [4.69, 9.17) is 0 Å². The molecule has 2 rings (SSSR count). The van der Waals surface area contributed by atoms with E-state index in [0.717, 1.165) is 12.1 Å². The zero-order chi connectivity index (χ0) is 19.3. The van der Waals surface area contributed by atoms with Crippen molar-refractivity contribution in [3.63, 3.8) is 0 Å². The average Bonchev–Trinajstić information content (AvgIpc) is 2.53. The van der Waals surface area contributed by atoms with Crippen LogP contribution in [0.1, 0.15) is 21.7 Å². The molecule has 0 unspecified atom stereocenters. The number of aromatic nitrogens is 2. The summed E-state index contributed by atoms with van der Waals surface area (Å²) in [7, 11) is 3.79. The smallest absolute Gasteiger partial charge is 0.349 e. The van der Waals surface area contributed by atoms with Gasteiger partial charge in [0.1, 0.15) is 5.69 Å². The van der Waals surface area contributed by atoms with E-state index in [-0.39, 0.29) is 17.5 Å². The van der Waals surface area contributed by atoms with Crippen LogP contribution in [0.4, 0.5) is 24.8 Å². The Morgan fingerprint density at radius 2 is 1.81 bits per heavy atom. The Morgan fingerprint density at radius 1 is 1.15 bits per heavy atom. The molecule has 0 aliphatic rings. The molecule has 0 aliphatic carbocycles. The maximum atomic E-state index is 12.6. The summed E-state index contributed by atoms with van der Waals surface area (Å²) in [5.41, 5.74) is 0.398. The summed E-state index contributed by atoms with van der Waals surface area (Å²) in [4.78, 5) is 22.4. The topological polar surface area (TPSA) is 70.2 Å². The molecule has 0 fully saturated rings. The number of aryl methyl sites for hydroxylation is 1. The molecule has 0 spiro atoms. The van der Waals surface area contributed by atoms with Crippen LogP contribution in [0.15, 0.2) is 30.3 Å². The van der Waals surface area contributed by atoms with Crippen LogP contribution in [0.2, 0.25) is 0 Å². The molecule has 1 heterocycles. The van der Waals surface area contributed by atoms with Crippen LogP contribution in [0.3, 0.4) is 0 Å². The summed E-state index contributed by atoms with van der Waals surface area (Å²) in [5, 5.41) is 5.56. The number of nitrogens with zero attached hydrogens (tertiary/aromatic N) is 3. The molecule has 1 amide bonds. The fourth-order valence-electron chi connectivity index (χ4n) is 2.10. The lowest BCUT2D eigenvalue weighted by Gasteiger charge is -2.12. The van der Waals surface area contributed by atoms with Gasteiger partial charge in [-0.25, -0.2) is 9.97 Å². The number of likely N-dealkylation sites (N-methyl/N-ethyl adjacent to an activating group) is 1. The highest BCUT2D eigenvalue weighted by molar-refractivity contribution is 5.92. The van der Waals surface area contributed by atoms with Gasteiger partial charge in [0.25, 0.3) is 5.91 Å². The van der Waals surface area contributed by atoms with Gasteiger partial charge in [0, 0.05) is 24.5 Å². The second kappa shape index (κ2) is 8.13. The molecule has 140 valence electrons. The predicted molar refractivity (Wildman–Crippen MR) is 92.4 cm³/mol. The maximum absolute atomic E-state index is 12.6. The van der Waals surface area contributed by atoms with Gasteiger partial charge in [-0.15, -0.1) is 0 Å². The Balaban J connectivity index is 2.10. The molecule has 0 saturated heterocycles. The average molecular weight is 367 g/mol. The third-order valence-electron chi connectivity index (χ3n) is 3.40. The number of rotatable bonds is 6. The molecule has 2 N–H and O–H groups in total. The largest absolute Gasteiger partial charge is 0.416 e. The number of hydrogen-bond acceptors (Lipinski definition) is 5. The van der Waals surface area contributed by atoms with E-state index >= 15 is 0 Å². The highest BCUT2D eigenvalue weighted by Gasteiger charge is 2.29. The predicted octanol–water partition coefficient (Wildman–Crippen LogP) is 2.84. The highest BCUT2D eigenvalue weighted by Crippen LogP contribution is 2.30. The molecule has 2 aromatic rings. The fraction of sp³-hybridized carbons (Fsp3) is 0.353. The minimum atomic E-state index is -4.39. The molecule has 1 aromatic carbocycles. The summed E-state index contributed by atoms with van der Waals surface area (Å²) >= 11 is 0. The van der Waals surface area contributed by atoms with Crippen molar-refractivity contribution in [2.45, 2.75) is 13.1 Å². The van der Waals surface area contributed by atoms with Gasteiger partial charge in [-0.05, 0) is 51.4 Å². The van der Waals surface area contributed by atoms with E-state index in [9.17, 15) is 18.0 Å². The number of benzene rings is 1. The maximum Gasteiger partial charge on any atom is 0.416 e. The Bertz CT molecular complexity index is 760. The number of carbonyl (C=O) groups excluding carboxylic acids is 1. The molecule has 0 atom stereocenters. The summed E-state index contributed by atoms with van der Waals surface area (Å²) in [6.07, 6.45) is -4.39. The van der Waals surface area contributed by atoms with Gasteiger partial charge in [0.2, 0.25) is 5.95 Å². The van der Waals surface area contributed by atoms with Crippen molar-refractivity contribution in [1.82, 2.24) is 20.2 Å². The number of hydrogen-bond donors (Lipinski definition) is 2. The van der Waals surface area contributed by atoms with Crippen LogP contribution in [0.25, 0.3) is 0 Å². The SMILES string of the molecule is Cc1cc(C(=O)NCCN(C)C)nc(Nc2ccc(C(F)(F)F)cc2)n1. The van der Waals surface area contributed by atoms with Crippen LogP contribution >= 0.6 is 0 Å². The van der Waals surface area contributed by atoms with Crippen molar-refractivity contribution in [3.05, 3.63) is 47.3 Å². The first-order valence-corrected chi connectivity index (χ1v) is 7.88. The fourth-order valence-corrected chi connectivity index (χ4v) is 2.10. The zero-order valence-corrected chi connectivity index (χ0v) is 14.7. The first-order chi connectivity index (χ1) is 12.1. The first-order valence-electron chi connectivity index (χ1n) is 7.88. The second-order valence-corrected chi connectivity index (χ2v) is 5.98. The van der Waals surface area contributed by atoms with Crippen LogP contribution < -0.4 is 10.6 Å². The monoisotopic (exact) mass is 367 g/mol. The standard InChI is InChI=1S/C17H20F3N5O/c1-11-10-14(15(26)21-8-9-25(2)3)24-16(22-11)23-13-6-4-12(5-7-13)17(18,19)20/h4-7,10H,8-9H2,1-3H3,(H,21,26)(H,22,23,24). The Morgan fingerprint density at radius 3 is 2.38 bits per heavy atom. The lowest BCUT2D eigenvalue weighted by atomic mass is 10.2. The number of carbonyl (C=O) groups is 1. The van der Waals surface area contributed by atoms with E-state index in [1.165, 1.54) is 12.1 Å². The Labute approximate surface area is 149 Å². The molecule has 6 nitrogen and oxygen atoms in total. The Hall–Kier alpha value is -2.68. The van der Waals surface area contributed by atoms with Gasteiger partial charge in [-0.2, -0.15) is 13.2 Å². The number of amides is 1. The van der Waals surface area contributed by atoms with Gasteiger partial charge in [-0.3, -0.25) is 4.79 Å². The van der Waals surface area contributed by atoms with E-state index in [1.54, 1.807) is 13.0 Å². The van der Waals surface area contributed by atoms with Gasteiger partial charge in [0.05, 0.1) is 5.56 Å². The molecular weight excluding hydrogens is 347 g/mol. The van der Waals surface area contributed by atoms with Gasteiger partial charge in [0.15, 0.2) is 0 Å². The van der Waals surface area contributed by atoms with Crippen LogP contribution in [-0.4, -0.2) is 48.0 Å². The van der Waals surface area contributed by atoms with Crippen LogP contribution in [-0.2, 0) is 6.18 Å².